The van der Waals surface area contributed by atoms with Crippen molar-refractivity contribution in [2.45, 2.75) is 31.3 Å². The molecular weight excluding hydrogens is 444 g/mol. The van der Waals surface area contributed by atoms with Gasteiger partial charge < -0.3 is 10.1 Å². The summed E-state index contributed by atoms with van der Waals surface area (Å²) in [6, 6.07) is 18.4. The van der Waals surface area contributed by atoms with Gasteiger partial charge in [-0.1, -0.05) is 49.4 Å². The highest BCUT2D eigenvalue weighted by molar-refractivity contribution is 8.00. The first-order valence-corrected chi connectivity index (χ1v) is 11.9. The van der Waals surface area contributed by atoms with E-state index in [2.05, 4.69) is 15.4 Å². The van der Waals surface area contributed by atoms with Crippen LogP contribution in [-0.2, 0) is 11.4 Å². The Morgan fingerprint density at radius 3 is 2.75 bits per heavy atom. The summed E-state index contributed by atoms with van der Waals surface area (Å²) in [4.78, 5) is 30.7. The Hall–Kier alpha value is -3.17. The summed E-state index contributed by atoms with van der Waals surface area (Å²) < 4.78 is 7.15. The molecule has 2 aromatic carbocycles. The fourth-order valence-electron chi connectivity index (χ4n) is 2.86. The fraction of sp³-hybridized carbons (Fsp3) is 0.217. The highest BCUT2D eigenvalue weighted by Gasteiger charge is 2.12. The predicted molar refractivity (Wildman–Crippen MR) is 128 cm³/mol. The number of hydrogen-bond acceptors (Lipinski definition) is 7. The fourth-order valence-corrected chi connectivity index (χ4v) is 4.51. The second kappa shape index (κ2) is 9.97. The summed E-state index contributed by atoms with van der Waals surface area (Å²) in [6.07, 6.45) is 0. The van der Waals surface area contributed by atoms with E-state index < -0.39 is 0 Å². The van der Waals surface area contributed by atoms with Crippen LogP contribution in [-0.4, -0.2) is 26.3 Å². The molecule has 0 saturated heterocycles. The van der Waals surface area contributed by atoms with Gasteiger partial charge in [-0.2, -0.15) is 9.61 Å². The third-order valence-corrected chi connectivity index (χ3v) is 6.65. The summed E-state index contributed by atoms with van der Waals surface area (Å²) in [5.74, 6) is 1.02. The van der Waals surface area contributed by atoms with Crippen LogP contribution in [0.1, 0.15) is 30.5 Å². The van der Waals surface area contributed by atoms with Crippen LogP contribution in [0.15, 0.2) is 70.4 Å². The second-order valence-electron chi connectivity index (χ2n) is 7.34. The molecule has 32 heavy (non-hydrogen) atoms. The number of benzene rings is 2. The number of thioether (sulfide) groups is 1. The van der Waals surface area contributed by atoms with E-state index in [0.717, 1.165) is 9.90 Å². The Labute approximate surface area is 193 Å². The average Bonchev–Trinajstić information content (AvgIpc) is 3.23. The molecule has 0 unspecified atom stereocenters. The molecule has 1 amide bonds. The quantitative estimate of drug-likeness (QED) is 0.383. The van der Waals surface area contributed by atoms with E-state index >= 15 is 0 Å². The zero-order valence-electron chi connectivity index (χ0n) is 17.6. The minimum Gasteiger partial charge on any atom is -0.487 e. The first kappa shape index (κ1) is 22.0. The van der Waals surface area contributed by atoms with Crippen molar-refractivity contribution in [2.75, 3.05) is 11.1 Å². The molecule has 164 valence electrons. The van der Waals surface area contributed by atoms with Crippen molar-refractivity contribution in [1.29, 1.82) is 0 Å². The molecule has 0 atom stereocenters. The lowest BCUT2D eigenvalue weighted by Gasteiger charge is -2.09. The van der Waals surface area contributed by atoms with Crippen molar-refractivity contribution in [3.63, 3.8) is 0 Å². The number of fused-ring (bicyclic) bond motifs is 1. The highest BCUT2D eigenvalue weighted by Crippen LogP contribution is 2.22. The van der Waals surface area contributed by atoms with Gasteiger partial charge in [-0.05, 0) is 24.3 Å². The van der Waals surface area contributed by atoms with Gasteiger partial charge in [0.15, 0.2) is 0 Å². The Balaban J connectivity index is 1.37. The van der Waals surface area contributed by atoms with Crippen LogP contribution in [0.5, 0.6) is 5.75 Å². The van der Waals surface area contributed by atoms with Gasteiger partial charge in [0.2, 0.25) is 10.9 Å². The Morgan fingerprint density at radius 2 is 1.97 bits per heavy atom. The standard InChI is InChI=1S/C23H22N4O3S2/c1-15(2)22-26-27-21(29)12-17(25-23(27)32-22)13-30-18-8-6-7-16(11-18)24-20(28)14-31-19-9-4-3-5-10-19/h3-12,15H,13-14H2,1-2H3,(H,24,28). The minimum absolute atomic E-state index is 0.0951. The molecule has 0 aliphatic heterocycles. The van der Waals surface area contributed by atoms with Gasteiger partial charge in [-0.3, -0.25) is 9.59 Å². The third-order valence-electron chi connectivity index (χ3n) is 4.43. The molecule has 0 radical (unpaired) electrons. The first-order chi connectivity index (χ1) is 15.5. The van der Waals surface area contributed by atoms with Crippen molar-refractivity contribution < 1.29 is 9.53 Å². The van der Waals surface area contributed by atoms with Crippen LogP contribution >= 0.6 is 23.1 Å². The molecule has 1 N–H and O–H groups in total. The Morgan fingerprint density at radius 1 is 1.16 bits per heavy atom. The number of carbonyl (C=O) groups is 1. The monoisotopic (exact) mass is 466 g/mol. The Bertz CT molecular complexity index is 1290. The summed E-state index contributed by atoms with van der Waals surface area (Å²) >= 11 is 2.88. The Kier molecular flexibility index (Phi) is 6.87. The largest absolute Gasteiger partial charge is 0.487 e. The van der Waals surface area contributed by atoms with Crippen LogP contribution in [0.4, 0.5) is 5.69 Å². The number of aromatic nitrogens is 3. The number of ether oxygens (including phenoxy) is 1. The molecule has 0 fully saturated rings. The van der Waals surface area contributed by atoms with Crippen LogP contribution in [0, 0.1) is 0 Å². The van der Waals surface area contributed by atoms with Gasteiger partial charge in [-0.25, -0.2) is 4.98 Å². The second-order valence-corrected chi connectivity index (χ2v) is 9.38. The molecule has 0 aliphatic rings. The molecule has 7 nitrogen and oxygen atoms in total. The summed E-state index contributed by atoms with van der Waals surface area (Å²) in [5, 5.41) is 8.07. The van der Waals surface area contributed by atoms with Crippen molar-refractivity contribution in [1.82, 2.24) is 14.6 Å². The first-order valence-electron chi connectivity index (χ1n) is 10.1. The molecular formula is C23H22N4O3S2. The SMILES string of the molecule is CC(C)c1nn2c(=O)cc(COc3cccc(NC(=O)CSc4ccccc4)c3)nc2s1. The van der Waals surface area contributed by atoms with E-state index in [1.807, 2.05) is 44.2 Å². The maximum atomic E-state index is 12.3. The molecule has 0 aliphatic carbocycles. The summed E-state index contributed by atoms with van der Waals surface area (Å²) in [7, 11) is 0. The molecule has 9 heteroatoms. The highest BCUT2D eigenvalue weighted by atomic mass is 32.2. The van der Waals surface area contributed by atoms with Gasteiger partial charge in [-0.15, -0.1) is 11.8 Å². The number of hydrogen-bond donors (Lipinski definition) is 1. The smallest absolute Gasteiger partial charge is 0.275 e. The molecule has 0 spiro atoms. The molecule has 2 aromatic heterocycles. The number of amides is 1. The molecule has 4 rings (SSSR count). The van der Waals surface area contributed by atoms with E-state index in [9.17, 15) is 9.59 Å². The lowest BCUT2D eigenvalue weighted by molar-refractivity contribution is -0.113. The van der Waals surface area contributed by atoms with Crippen LogP contribution < -0.4 is 15.6 Å². The topological polar surface area (TPSA) is 85.6 Å². The number of nitrogens with zero attached hydrogens (tertiary/aromatic N) is 3. The lowest BCUT2D eigenvalue weighted by atomic mass is 10.2. The van der Waals surface area contributed by atoms with Gasteiger partial charge in [0.25, 0.3) is 5.56 Å². The number of rotatable bonds is 8. The maximum Gasteiger partial charge on any atom is 0.275 e. The normalized spacial score (nSPS) is 11.1. The summed E-state index contributed by atoms with van der Waals surface area (Å²) in [5.41, 5.74) is 0.949. The van der Waals surface area contributed by atoms with E-state index in [4.69, 9.17) is 4.74 Å². The van der Waals surface area contributed by atoms with Crippen molar-refractivity contribution in [2.24, 2.45) is 0 Å². The summed E-state index contributed by atoms with van der Waals surface area (Å²) in [6.45, 7) is 4.19. The average molecular weight is 467 g/mol. The number of carbonyl (C=O) groups excluding carboxylic acids is 1. The molecule has 0 saturated carbocycles. The van der Waals surface area contributed by atoms with Gasteiger partial charge in [0.1, 0.15) is 17.4 Å². The van der Waals surface area contributed by atoms with Gasteiger partial charge >= 0.3 is 0 Å². The number of anilines is 1. The molecule has 0 bridgehead atoms. The van der Waals surface area contributed by atoms with Gasteiger partial charge in [0, 0.05) is 28.6 Å². The van der Waals surface area contributed by atoms with E-state index in [-0.39, 0.29) is 24.0 Å². The van der Waals surface area contributed by atoms with Crippen LogP contribution in [0.3, 0.4) is 0 Å². The molecule has 2 heterocycles. The van der Waals surface area contributed by atoms with Gasteiger partial charge in [0.05, 0.1) is 11.4 Å². The predicted octanol–water partition coefficient (Wildman–Crippen LogP) is 4.58. The molecule has 4 aromatic rings. The lowest BCUT2D eigenvalue weighted by Crippen LogP contribution is -2.16. The third kappa shape index (κ3) is 5.54. The van der Waals surface area contributed by atoms with E-state index in [1.165, 1.54) is 33.7 Å². The van der Waals surface area contributed by atoms with Crippen LogP contribution in [0.2, 0.25) is 0 Å². The zero-order valence-corrected chi connectivity index (χ0v) is 19.3. The van der Waals surface area contributed by atoms with Crippen molar-refractivity contribution in [3.05, 3.63) is 81.7 Å². The van der Waals surface area contributed by atoms with Crippen molar-refractivity contribution in [3.8, 4) is 5.75 Å². The number of nitrogens with one attached hydrogen (secondary N) is 1. The van der Waals surface area contributed by atoms with Crippen LogP contribution in [0.25, 0.3) is 4.96 Å². The van der Waals surface area contributed by atoms with Crippen molar-refractivity contribution >= 4 is 39.7 Å². The maximum absolute atomic E-state index is 12.3. The minimum atomic E-state index is -0.228. The van der Waals surface area contributed by atoms with E-state index in [1.54, 1.807) is 24.3 Å². The van der Waals surface area contributed by atoms with E-state index in [0.29, 0.717) is 27.8 Å². The zero-order chi connectivity index (χ0) is 22.5.